The van der Waals surface area contributed by atoms with Gasteiger partial charge in [-0.15, -0.1) is 0 Å². The van der Waals surface area contributed by atoms with Crippen molar-refractivity contribution < 1.29 is 4.39 Å². The average Bonchev–Trinajstić information content (AvgIpc) is 2.27. The van der Waals surface area contributed by atoms with E-state index in [4.69, 9.17) is 11.1 Å². The summed E-state index contributed by atoms with van der Waals surface area (Å²) in [4.78, 5) is 4.02. The number of fused-ring (bicyclic) bond motifs is 1. The smallest absolute Gasteiger partial charge is 0.125 e. The van der Waals surface area contributed by atoms with Gasteiger partial charge in [0.1, 0.15) is 11.9 Å². The molecule has 0 atom stereocenters. The van der Waals surface area contributed by atoms with Crippen LogP contribution in [-0.4, -0.2) is 4.98 Å². The van der Waals surface area contributed by atoms with Gasteiger partial charge in [0.05, 0.1) is 16.8 Å². The van der Waals surface area contributed by atoms with Crippen LogP contribution in [0.3, 0.4) is 0 Å². The number of hydrazine groups is 1. The van der Waals surface area contributed by atoms with E-state index in [9.17, 15) is 4.39 Å². The van der Waals surface area contributed by atoms with Gasteiger partial charge in [-0.2, -0.15) is 5.26 Å². The minimum absolute atomic E-state index is 0.338. The molecule has 3 N–H and O–H groups in total. The first-order valence-corrected chi connectivity index (χ1v) is 4.63. The molecule has 0 radical (unpaired) electrons. The van der Waals surface area contributed by atoms with Gasteiger partial charge >= 0.3 is 0 Å². The van der Waals surface area contributed by atoms with Crippen LogP contribution in [0, 0.1) is 24.1 Å². The number of hydrogen-bond acceptors (Lipinski definition) is 4. The molecule has 0 aliphatic rings. The molecule has 4 nitrogen and oxygen atoms in total. The molecule has 1 aromatic carbocycles. The average molecular weight is 216 g/mol. The summed E-state index contributed by atoms with van der Waals surface area (Å²) in [6, 6.07) is 4.67. The van der Waals surface area contributed by atoms with Gasteiger partial charge in [-0.05, 0) is 18.6 Å². The Balaban J connectivity index is 2.93. The maximum atomic E-state index is 13.2. The Kier molecular flexibility index (Phi) is 2.43. The van der Waals surface area contributed by atoms with Gasteiger partial charge in [0.2, 0.25) is 0 Å². The Morgan fingerprint density at radius 3 is 2.88 bits per heavy atom. The topological polar surface area (TPSA) is 74.7 Å². The first-order valence-electron chi connectivity index (χ1n) is 4.63. The second kappa shape index (κ2) is 3.76. The van der Waals surface area contributed by atoms with E-state index in [1.165, 1.54) is 18.3 Å². The lowest BCUT2D eigenvalue weighted by Gasteiger charge is -2.09. The summed E-state index contributed by atoms with van der Waals surface area (Å²) >= 11 is 0. The van der Waals surface area contributed by atoms with Crippen LogP contribution in [0.2, 0.25) is 0 Å². The van der Waals surface area contributed by atoms with Crippen LogP contribution >= 0.6 is 0 Å². The summed E-state index contributed by atoms with van der Waals surface area (Å²) in [5, 5.41) is 9.56. The molecular formula is C11H9FN4. The van der Waals surface area contributed by atoms with Crippen molar-refractivity contribution in [1.82, 2.24) is 4.98 Å². The summed E-state index contributed by atoms with van der Waals surface area (Å²) in [7, 11) is 0. The highest BCUT2D eigenvalue weighted by Crippen LogP contribution is 2.28. The van der Waals surface area contributed by atoms with E-state index < -0.39 is 0 Å². The number of nitrogen functional groups attached to an aromatic ring is 1. The molecule has 0 saturated carbocycles. The van der Waals surface area contributed by atoms with Crippen LogP contribution in [0.1, 0.15) is 11.1 Å². The van der Waals surface area contributed by atoms with Gasteiger partial charge in [0.25, 0.3) is 0 Å². The van der Waals surface area contributed by atoms with Crippen LogP contribution < -0.4 is 11.3 Å². The van der Waals surface area contributed by atoms with Crippen molar-refractivity contribution in [2.24, 2.45) is 5.84 Å². The standard InChI is InChI=1S/C11H9FN4/c1-6-2-8(12)3-9-10(6)11(16-14)7(4-13)5-15-9/h2-3,5H,14H2,1H3,(H,15,16). The predicted octanol–water partition coefficient (Wildman–Crippen LogP) is 1.84. The highest BCUT2D eigenvalue weighted by atomic mass is 19.1. The Morgan fingerprint density at radius 1 is 1.50 bits per heavy atom. The third-order valence-corrected chi connectivity index (χ3v) is 2.40. The second-order valence-corrected chi connectivity index (χ2v) is 3.42. The van der Waals surface area contributed by atoms with E-state index in [1.807, 2.05) is 6.07 Å². The molecule has 2 aromatic rings. The molecule has 0 saturated heterocycles. The van der Waals surface area contributed by atoms with E-state index in [1.54, 1.807) is 6.92 Å². The summed E-state index contributed by atoms with van der Waals surface area (Å²) in [5.74, 6) is 5.02. The Labute approximate surface area is 91.5 Å². The van der Waals surface area contributed by atoms with Crippen molar-refractivity contribution in [3.05, 3.63) is 35.3 Å². The largest absolute Gasteiger partial charge is 0.322 e. The van der Waals surface area contributed by atoms with Gasteiger partial charge in [0, 0.05) is 17.6 Å². The minimum atomic E-state index is -0.356. The second-order valence-electron chi connectivity index (χ2n) is 3.42. The number of aromatic nitrogens is 1. The molecule has 0 unspecified atom stereocenters. The number of halogens is 1. The zero-order valence-corrected chi connectivity index (χ0v) is 8.58. The van der Waals surface area contributed by atoms with Crippen molar-refractivity contribution >= 4 is 16.6 Å². The fourth-order valence-corrected chi connectivity index (χ4v) is 1.72. The van der Waals surface area contributed by atoms with Crippen molar-refractivity contribution in [2.45, 2.75) is 6.92 Å². The first-order chi connectivity index (χ1) is 7.67. The number of nitrogens with zero attached hydrogens (tertiary/aromatic N) is 2. The first kappa shape index (κ1) is 10.3. The highest BCUT2D eigenvalue weighted by molar-refractivity contribution is 5.96. The monoisotopic (exact) mass is 216 g/mol. The highest BCUT2D eigenvalue weighted by Gasteiger charge is 2.10. The normalized spacial score (nSPS) is 10.1. The molecule has 80 valence electrons. The third kappa shape index (κ3) is 1.45. The quantitative estimate of drug-likeness (QED) is 0.563. The SMILES string of the molecule is Cc1cc(F)cc2ncc(C#N)c(NN)c12. The number of nitrogens with two attached hydrogens (primary N) is 1. The van der Waals surface area contributed by atoms with E-state index in [-0.39, 0.29) is 5.82 Å². The predicted molar refractivity (Wildman–Crippen MR) is 59.0 cm³/mol. The Bertz CT molecular complexity index is 601. The summed E-state index contributed by atoms with van der Waals surface area (Å²) < 4.78 is 13.2. The molecule has 0 aliphatic heterocycles. The number of anilines is 1. The molecule has 0 bridgehead atoms. The van der Waals surface area contributed by atoms with Crippen molar-refractivity contribution in [2.75, 3.05) is 5.43 Å². The van der Waals surface area contributed by atoms with Crippen LogP contribution in [-0.2, 0) is 0 Å². The third-order valence-electron chi connectivity index (χ3n) is 2.40. The number of benzene rings is 1. The molecule has 5 heteroatoms. The molecule has 0 fully saturated rings. The number of nitrogens with one attached hydrogen (secondary N) is 1. The van der Waals surface area contributed by atoms with Crippen LogP contribution in [0.5, 0.6) is 0 Å². The van der Waals surface area contributed by atoms with Crippen LogP contribution in [0.25, 0.3) is 10.9 Å². The van der Waals surface area contributed by atoms with E-state index in [2.05, 4.69) is 10.4 Å². The van der Waals surface area contributed by atoms with Crippen molar-refractivity contribution in [1.29, 1.82) is 5.26 Å². The van der Waals surface area contributed by atoms with Gasteiger partial charge in [-0.1, -0.05) is 0 Å². The summed E-state index contributed by atoms with van der Waals surface area (Å²) in [5.41, 5.74) is 4.44. The number of hydrogen-bond donors (Lipinski definition) is 2. The Morgan fingerprint density at radius 2 is 2.25 bits per heavy atom. The van der Waals surface area contributed by atoms with Crippen LogP contribution in [0.15, 0.2) is 18.3 Å². The van der Waals surface area contributed by atoms with E-state index in [0.717, 1.165) is 0 Å². The van der Waals surface area contributed by atoms with Crippen LogP contribution in [0.4, 0.5) is 10.1 Å². The summed E-state index contributed by atoms with van der Waals surface area (Å²) in [6.07, 6.45) is 1.37. The lowest BCUT2D eigenvalue weighted by Crippen LogP contribution is -2.10. The Hall–Kier alpha value is -2.19. The molecule has 1 aromatic heterocycles. The molecule has 0 aliphatic carbocycles. The van der Waals surface area contributed by atoms with Crippen molar-refractivity contribution in [3.63, 3.8) is 0 Å². The zero-order valence-electron chi connectivity index (χ0n) is 8.58. The number of nitriles is 1. The fraction of sp³-hybridized carbons (Fsp3) is 0.0909. The molecule has 16 heavy (non-hydrogen) atoms. The fourth-order valence-electron chi connectivity index (χ4n) is 1.72. The minimum Gasteiger partial charge on any atom is -0.322 e. The van der Waals surface area contributed by atoms with Gasteiger partial charge in [-0.3, -0.25) is 10.8 Å². The number of rotatable bonds is 1. The number of pyridine rings is 1. The maximum absolute atomic E-state index is 13.2. The molecule has 1 heterocycles. The van der Waals surface area contributed by atoms with E-state index in [0.29, 0.717) is 27.7 Å². The van der Waals surface area contributed by atoms with E-state index >= 15 is 0 Å². The molecular weight excluding hydrogens is 207 g/mol. The van der Waals surface area contributed by atoms with Gasteiger partial charge in [0.15, 0.2) is 0 Å². The van der Waals surface area contributed by atoms with Crippen molar-refractivity contribution in [3.8, 4) is 6.07 Å². The zero-order chi connectivity index (χ0) is 11.7. The maximum Gasteiger partial charge on any atom is 0.125 e. The molecule has 0 amide bonds. The summed E-state index contributed by atoms with van der Waals surface area (Å²) in [6.45, 7) is 1.75. The lowest BCUT2D eigenvalue weighted by atomic mass is 10.1. The molecule has 0 spiro atoms. The van der Waals surface area contributed by atoms with Gasteiger partial charge in [-0.25, -0.2) is 4.39 Å². The molecule has 2 rings (SSSR count). The number of aryl methyl sites for hydroxylation is 1. The van der Waals surface area contributed by atoms with Gasteiger partial charge < -0.3 is 5.43 Å². The lowest BCUT2D eigenvalue weighted by molar-refractivity contribution is 0.628.